The van der Waals surface area contributed by atoms with Crippen LogP contribution in [-0.2, 0) is 16.9 Å². The molecule has 14 heteroatoms. The number of aromatic amines is 1. The first-order chi connectivity index (χ1) is 29.9. The summed E-state index contributed by atoms with van der Waals surface area (Å²) >= 11 is 0. The van der Waals surface area contributed by atoms with Gasteiger partial charge in [-0.25, -0.2) is 19.4 Å². The minimum atomic E-state index is -0.345. The van der Waals surface area contributed by atoms with Crippen LogP contribution in [0.1, 0.15) is 86.0 Å². The Morgan fingerprint density at radius 3 is 2.26 bits per heavy atom. The van der Waals surface area contributed by atoms with Crippen molar-refractivity contribution in [3.05, 3.63) is 108 Å². The number of H-pyrrole nitrogens is 1. The number of benzene rings is 3. The Morgan fingerprint density at radius 2 is 1.56 bits per heavy atom. The van der Waals surface area contributed by atoms with Crippen LogP contribution < -0.4 is 20.4 Å². The lowest BCUT2D eigenvalue weighted by molar-refractivity contribution is -0.120. The summed E-state index contributed by atoms with van der Waals surface area (Å²) in [7, 11) is 0. The van der Waals surface area contributed by atoms with Gasteiger partial charge in [-0.2, -0.15) is 0 Å². The number of imide groups is 1. The van der Waals surface area contributed by atoms with Crippen molar-refractivity contribution in [2.75, 3.05) is 49.1 Å². The minimum Gasteiger partial charge on any atom is -0.372 e. The monoisotopic (exact) mass is 833 g/mol. The largest absolute Gasteiger partial charge is 0.372 e. The van der Waals surface area contributed by atoms with Crippen molar-refractivity contribution in [2.45, 2.75) is 77.8 Å². The standard InChI is InChI=1S/C48H55N11O3/c1-31-25-36(9-10-37(31)27-49-46(61)42-29-59(55-54-42)48(2,3)4)44-40-26-41(52-45(40)51-30-50-44)35-7-5-33(6-8-35)34-17-20-56(21-18-34)28-32-15-22-57(23-16-32)38-11-13-39(14-12-38)58-24-19-43(60)53-47(58)62/h5-14,25-26,29-30,32,34H,15-24,27-28H2,1-4H3,(H,49,61)(H,50,51,52)(H,53,60,62). The lowest BCUT2D eigenvalue weighted by Crippen LogP contribution is -2.49. The number of likely N-dealkylation sites (tertiary alicyclic amines) is 1. The molecule has 3 saturated heterocycles. The molecule has 0 atom stereocenters. The number of urea groups is 1. The number of piperidine rings is 2. The van der Waals surface area contributed by atoms with E-state index in [2.05, 4.69) is 95.3 Å². The van der Waals surface area contributed by atoms with Crippen LogP contribution in [0.5, 0.6) is 0 Å². The molecule has 320 valence electrons. The maximum absolute atomic E-state index is 12.8. The van der Waals surface area contributed by atoms with E-state index < -0.39 is 0 Å². The third-order valence-electron chi connectivity index (χ3n) is 12.9. The Hall–Kier alpha value is -6.41. The number of hydrogen-bond donors (Lipinski definition) is 3. The number of carbonyl (C=O) groups is 3. The SMILES string of the molecule is Cc1cc(-c2ncnc3[nH]c(-c4ccc(C5CCN(CC6CCN(c7ccc(N8CCC(=O)NC8=O)cc7)CC6)CC5)cc4)cc23)ccc1CNC(=O)c1cn(C(C)(C)C)nn1. The van der Waals surface area contributed by atoms with Gasteiger partial charge in [0.05, 0.1) is 17.4 Å². The molecule has 3 N–H and O–H groups in total. The zero-order valence-corrected chi connectivity index (χ0v) is 36.0. The molecule has 9 rings (SSSR count). The second kappa shape index (κ2) is 17.2. The number of aryl methyl sites for hydroxylation is 1. The van der Waals surface area contributed by atoms with Crippen molar-refractivity contribution in [1.29, 1.82) is 0 Å². The molecule has 3 fully saturated rings. The molecule has 14 nitrogen and oxygen atoms in total. The topological polar surface area (TPSA) is 157 Å². The van der Waals surface area contributed by atoms with E-state index in [9.17, 15) is 14.4 Å². The van der Waals surface area contributed by atoms with Gasteiger partial charge in [0.25, 0.3) is 5.91 Å². The van der Waals surface area contributed by atoms with Crippen molar-refractivity contribution >= 4 is 40.3 Å². The summed E-state index contributed by atoms with van der Waals surface area (Å²) in [6, 6.07) is 25.2. The molecule has 3 aromatic carbocycles. The third kappa shape index (κ3) is 8.83. The van der Waals surface area contributed by atoms with E-state index in [-0.39, 0.29) is 23.4 Å². The molecule has 0 radical (unpaired) electrons. The zero-order valence-electron chi connectivity index (χ0n) is 36.0. The summed E-state index contributed by atoms with van der Waals surface area (Å²) < 4.78 is 1.70. The number of anilines is 2. The molecule has 6 aromatic rings. The lowest BCUT2D eigenvalue weighted by Gasteiger charge is -2.38. The summed E-state index contributed by atoms with van der Waals surface area (Å²) in [4.78, 5) is 56.2. The Labute approximate surface area is 362 Å². The number of hydrogen-bond acceptors (Lipinski definition) is 9. The number of carbonyl (C=O) groups excluding carboxylic acids is 3. The predicted octanol–water partition coefficient (Wildman–Crippen LogP) is 7.42. The smallest absolute Gasteiger partial charge is 0.328 e. The first kappa shape index (κ1) is 41.0. The molecular formula is C48H55N11O3. The summed E-state index contributed by atoms with van der Waals surface area (Å²) in [6.45, 7) is 14.4. The van der Waals surface area contributed by atoms with Crippen LogP contribution in [0, 0.1) is 12.8 Å². The fourth-order valence-corrected chi connectivity index (χ4v) is 9.11. The summed E-state index contributed by atoms with van der Waals surface area (Å²) in [5.74, 6) is 0.794. The second-order valence-electron chi connectivity index (χ2n) is 18.1. The van der Waals surface area contributed by atoms with E-state index in [1.165, 1.54) is 36.9 Å². The van der Waals surface area contributed by atoms with Crippen molar-refractivity contribution < 1.29 is 14.4 Å². The molecule has 0 bridgehead atoms. The zero-order chi connectivity index (χ0) is 43.0. The van der Waals surface area contributed by atoms with Crippen LogP contribution in [0.15, 0.2) is 85.3 Å². The van der Waals surface area contributed by atoms with Gasteiger partial charge >= 0.3 is 6.03 Å². The highest BCUT2D eigenvalue weighted by molar-refractivity contribution is 6.05. The van der Waals surface area contributed by atoms with Crippen molar-refractivity contribution in [3.8, 4) is 22.5 Å². The van der Waals surface area contributed by atoms with Crippen molar-refractivity contribution in [1.82, 2.24) is 45.5 Å². The van der Waals surface area contributed by atoms with Gasteiger partial charge in [0, 0.05) is 67.2 Å². The fraction of sp³-hybridized carbons (Fsp3) is 0.396. The molecular weight excluding hydrogens is 779 g/mol. The Bertz CT molecular complexity index is 2580. The molecule has 3 aliphatic rings. The van der Waals surface area contributed by atoms with Crippen LogP contribution in [0.25, 0.3) is 33.5 Å². The molecule has 0 saturated carbocycles. The maximum Gasteiger partial charge on any atom is 0.328 e. The van der Waals surface area contributed by atoms with E-state index in [4.69, 9.17) is 4.98 Å². The number of amides is 4. The first-order valence-corrected chi connectivity index (χ1v) is 21.9. The van der Waals surface area contributed by atoms with Crippen molar-refractivity contribution in [2.24, 2.45) is 5.92 Å². The second-order valence-corrected chi connectivity index (χ2v) is 18.1. The summed E-state index contributed by atoms with van der Waals surface area (Å²) in [6.07, 6.45) is 8.32. The average molecular weight is 834 g/mol. The van der Waals surface area contributed by atoms with Gasteiger partial charge in [-0.1, -0.05) is 41.6 Å². The average Bonchev–Trinajstić information content (AvgIpc) is 3.96. The van der Waals surface area contributed by atoms with Gasteiger partial charge in [-0.15, -0.1) is 5.10 Å². The van der Waals surface area contributed by atoms with Crippen LogP contribution in [0.4, 0.5) is 16.2 Å². The van der Waals surface area contributed by atoms with Crippen LogP contribution in [-0.4, -0.2) is 92.0 Å². The number of nitrogens with zero attached hydrogens (tertiary/aromatic N) is 8. The summed E-state index contributed by atoms with van der Waals surface area (Å²) in [5, 5.41) is 14.5. The van der Waals surface area contributed by atoms with Crippen LogP contribution in [0.2, 0.25) is 0 Å². The molecule has 0 aliphatic carbocycles. The summed E-state index contributed by atoms with van der Waals surface area (Å²) in [5.41, 5.74) is 10.3. The molecule has 3 aliphatic heterocycles. The highest BCUT2D eigenvalue weighted by Crippen LogP contribution is 2.34. The van der Waals surface area contributed by atoms with Crippen LogP contribution >= 0.6 is 0 Å². The first-order valence-electron chi connectivity index (χ1n) is 21.9. The molecule has 0 spiro atoms. The maximum atomic E-state index is 12.8. The number of rotatable bonds is 10. The quantitative estimate of drug-likeness (QED) is 0.128. The van der Waals surface area contributed by atoms with E-state index >= 15 is 0 Å². The fourth-order valence-electron chi connectivity index (χ4n) is 9.11. The van der Waals surface area contributed by atoms with Gasteiger partial charge in [-0.05, 0) is 137 Å². The number of fused-ring (bicyclic) bond motifs is 1. The lowest BCUT2D eigenvalue weighted by atomic mass is 9.87. The number of nitrogens with one attached hydrogen (secondary N) is 3. The van der Waals surface area contributed by atoms with E-state index in [1.54, 1.807) is 22.1 Å². The van der Waals surface area contributed by atoms with Crippen molar-refractivity contribution in [3.63, 3.8) is 0 Å². The van der Waals surface area contributed by atoms with E-state index in [0.29, 0.717) is 37.0 Å². The van der Waals surface area contributed by atoms with Gasteiger partial charge in [-0.3, -0.25) is 19.8 Å². The van der Waals surface area contributed by atoms with Gasteiger partial charge in [0.1, 0.15) is 12.0 Å². The molecule has 62 heavy (non-hydrogen) atoms. The Kier molecular flexibility index (Phi) is 11.3. The Morgan fingerprint density at radius 1 is 0.839 bits per heavy atom. The molecule has 3 aromatic heterocycles. The highest BCUT2D eigenvalue weighted by Gasteiger charge is 2.27. The van der Waals surface area contributed by atoms with Gasteiger partial charge in [0.2, 0.25) is 5.91 Å². The number of aromatic nitrogens is 6. The third-order valence-corrected chi connectivity index (χ3v) is 12.9. The van der Waals surface area contributed by atoms with E-state index in [0.717, 1.165) is 83.1 Å². The van der Waals surface area contributed by atoms with Gasteiger partial charge < -0.3 is 20.1 Å². The molecule has 0 unspecified atom stereocenters. The molecule has 4 amide bonds. The Balaban J connectivity index is 0.759. The van der Waals surface area contributed by atoms with Crippen LogP contribution in [0.3, 0.4) is 0 Å². The molecule has 6 heterocycles. The normalized spacial score (nSPS) is 17.2. The van der Waals surface area contributed by atoms with Gasteiger partial charge in [0.15, 0.2) is 5.69 Å². The predicted molar refractivity (Wildman–Crippen MR) is 241 cm³/mol. The highest BCUT2D eigenvalue weighted by atomic mass is 16.2. The van der Waals surface area contributed by atoms with E-state index in [1.807, 2.05) is 45.9 Å². The minimum absolute atomic E-state index is 0.214.